The van der Waals surface area contributed by atoms with Crippen molar-refractivity contribution in [3.8, 4) is 5.75 Å². The third-order valence-corrected chi connectivity index (χ3v) is 3.36. The molecule has 0 aliphatic carbocycles. The predicted molar refractivity (Wildman–Crippen MR) is 69.8 cm³/mol. The number of hydrogen-bond acceptors (Lipinski definition) is 4. The molecular weight excluding hydrogens is 254 g/mol. The van der Waals surface area contributed by atoms with Crippen LogP contribution in [-0.4, -0.2) is 36.4 Å². The molecule has 0 aliphatic heterocycles. The van der Waals surface area contributed by atoms with Crippen LogP contribution in [0.2, 0.25) is 0 Å². The molecule has 0 saturated carbocycles. The highest BCUT2D eigenvalue weighted by atomic mass is 32.2. The van der Waals surface area contributed by atoms with E-state index in [0.717, 1.165) is 11.3 Å². The van der Waals surface area contributed by atoms with Gasteiger partial charge >= 0.3 is 5.97 Å². The summed E-state index contributed by atoms with van der Waals surface area (Å²) in [5.74, 6) is 0.737. The molecule has 0 radical (unpaired) electrons. The summed E-state index contributed by atoms with van der Waals surface area (Å²) in [7, 11) is 1.60. The topological polar surface area (TPSA) is 75.6 Å². The van der Waals surface area contributed by atoms with Gasteiger partial charge in [-0.15, -0.1) is 0 Å². The van der Waals surface area contributed by atoms with E-state index in [-0.39, 0.29) is 0 Å². The van der Waals surface area contributed by atoms with Gasteiger partial charge in [-0.05, 0) is 17.7 Å². The molecule has 0 aromatic heterocycles. The third kappa shape index (κ3) is 4.67. The largest absolute Gasteiger partial charge is 0.497 e. The van der Waals surface area contributed by atoms with Crippen molar-refractivity contribution in [2.24, 2.45) is 0 Å². The maximum Gasteiger partial charge on any atom is 0.327 e. The molecule has 0 fully saturated rings. The van der Waals surface area contributed by atoms with E-state index in [4.69, 9.17) is 9.84 Å². The minimum atomic E-state index is -1.03. The molecule has 1 unspecified atom stereocenters. The van der Waals surface area contributed by atoms with Gasteiger partial charge in [0.15, 0.2) is 0 Å². The van der Waals surface area contributed by atoms with E-state index < -0.39 is 12.0 Å². The molecule has 2 N–H and O–H groups in total. The Morgan fingerprint density at radius 2 is 2.39 bits per heavy atom. The molecular formula is C12H15NO4S. The fraction of sp³-hybridized carbons (Fsp3) is 0.333. The number of hydrogen-bond donors (Lipinski definition) is 2. The maximum atomic E-state index is 10.8. The average Bonchev–Trinajstić information content (AvgIpc) is 2.38. The van der Waals surface area contributed by atoms with Gasteiger partial charge in [0.05, 0.1) is 7.11 Å². The first-order chi connectivity index (χ1) is 8.67. The highest BCUT2D eigenvalue weighted by Gasteiger charge is 2.15. The normalized spacial score (nSPS) is 11.6. The third-order valence-electron chi connectivity index (χ3n) is 2.25. The molecule has 98 valence electrons. The molecule has 1 aromatic rings. The Hall–Kier alpha value is -1.69. The van der Waals surface area contributed by atoms with Crippen molar-refractivity contribution in [2.75, 3.05) is 12.9 Å². The number of thioether (sulfide) groups is 1. The number of ether oxygens (including phenoxy) is 1. The van der Waals surface area contributed by atoms with Gasteiger partial charge in [0.25, 0.3) is 0 Å². The van der Waals surface area contributed by atoms with Crippen molar-refractivity contribution in [3.63, 3.8) is 0 Å². The molecule has 1 atom stereocenters. The number of carbonyl (C=O) groups is 2. The standard InChI is InChI=1S/C12H15NO4S/c1-17-10-4-2-3-9(5-10)6-18-7-11(12(15)16)13-8-14/h2-5,8,11H,6-7H2,1H3,(H,13,14)(H,15,16). The molecule has 1 aromatic carbocycles. The quantitative estimate of drug-likeness (QED) is 0.692. The monoisotopic (exact) mass is 269 g/mol. The van der Waals surface area contributed by atoms with Gasteiger partial charge in [-0.3, -0.25) is 4.79 Å². The maximum absolute atomic E-state index is 10.8. The summed E-state index contributed by atoms with van der Waals surface area (Å²) in [4.78, 5) is 21.0. The molecule has 0 heterocycles. The molecule has 5 nitrogen and oxygen atoms in total. The first-order valence-electron chi connectivity index (χ1n) is 5.30. The smallest absolute Gasteiger partial charge is 0.327 e. The summed E-state index contributed by atoms with van der Waals surface area (Å²) in [5, 5.41) is 11.1. The van der Waals surface area contributed by atoms with E-state index in [1.807, 2.05) is 24.3 Å². The highest BCUT2D eigenvalue weighted by Crippen LogP contribution is 2.18. The van der Waals surface area contributed by atoms with Crippen molar-refractivity contribution >= 4 is 24.1 Å². The first kappa shape index (κ1) is 14.4. The predicted octanol–water partition coefficient (Wildman–Crippen LogP) is 1.13. The lowest BCUT2D eigenvalue weighted by Crippen LogP contribution is -2.37. The number of amides is 1. The second-order valence-electron chi connectivity index (χ2n) is 3.54. The van der Waals surface area contributed by atoms with E-state index >= 15 is 0 Å². The summed E-state index contributed by atoms with van der Waals surface area (Å²) in [6.07, 6.45) is 0.408. The van der Waals surface area contributed by atoms with Crippen LogP contribution in [0.4, 0.5) is 0 Å². The Morgan fingerprint density at radius 1 is 1.61 bits per heavy atom. The zero-order chi connectivity index (χ0) is 13.4. The van der Waals surface area contributed by atoms with Crippen LogP contribution in [0.1, 0.15) is 5.56 Å². The van der Waals surface area contributed by atoms with Gasteiger partial charge in [-0.2, -0.15) is 11.8 Å². The van der Waals surface area contributed by atoms with Crippen LogP contribution in [0.3, 0.4) is 0 Å². The molecule has 18 heavy (non-hydrogen) atoms. The number of nitrogens with one attached hydrogen (secondary N) is 1. The minimum absolute atomic E-state index is 0.325. The second kappa shape index (κ2) is 7.60. The Balaban J connectivity index is 2.44. The summed E-state index contributed by atoms with van der Waals surface area (Å²) in [6, 6.07) is 6.72. The Labute approximate surface area is 110 Å². The van der Waals surface area contributed by atoms with Gasteiger partial charge in [-0.25, -0.2) is 4.79 Å². The lowest BCUT2D eigenvalue weighted by atomic mass is 10.2. The van der Waals surface area contributed by atoms with Crippen molar-refractivity contribution in [2.45, 2.75) is 11.8 Å². The summed E-state index contributed by atoms with van der Waals surface area (Å²) in [6.45, 7) is 0. The van der Waals surface area contributed by atoms with Gasteiger partial charge in [0.2, 0.25) is 6.41 Å². The van der Waals surface area contributed by atoms with Crippen molar-refractivity contribution in [1.29, 1.82) is 0 Å². The Kier molecular flexibility index (Phi) is 6.07. The molecule has 0 bridgehead atoms. The van der Waals surface area contributed by atoms with Gasteiger partial charge in [0, 0.05) is 11.5 Å². The summed E-state index contributed by atoms with van der Waals surface area (Å²) >= 11 is 1.44. The molecule has 1 amide bonds. The van der Waals surface area contributed by atoms with Crippen LogP contribution in [0.25, 0.3) is 0 Å². The Bertz CT molecular complexity index is 411. The van der Waals surface area contributed by atoms with Crippen LogP contribution in [0.15, 0.2) is 24.3 Å². The first-order valence-corrected chi connectivity index (χ1v) is 6.46. The number of carboxylic acids is 1. The number of methoxy groups -OCH3 is 1. The lowest BCUT2D eigenvalue weighted by molar-refractivity contribution is -0.139. The molecule has 0 aliphatic rings. The van der Waals surface area contributed by atoms with Gasteiger partial charge in [0.1, 0.15) is 11.8 Å². The van der Waals surface area contributed by atoms with E-state index in [0.29, 0.717) is 17.9 Å². The van der Waals surface area contributed by atoms with E-state index in [1.165, 1.54) is 11.8 Å². The number of carboxylic acid groups (broad SMARTS) is 1. The van der Waals surface area contributed by atoms with Crippen LogP contribution in [0.5, 0.6) is 5.75 Å². The zero-order valence-electron chi connectivity index (χ0n) is 9.96. The molecule has 1 rings (SSSR count). The number of rotatable bonds is 8. The van der Waals surface area contributed by atoms with Gasteiger partial charge < -0.3 is 15.2 Å². The van der Waals surface area contributed by atoms with Crippen LogP contribution in [0, 0.1) is 0 Å². The fourth-order valence-electron chi connectivity index (χ4n) is 1.33. The SMILES string of the molecule is COc1cccc(CSCC(NC=O)C(=O)O)c1. The number of carbonyl (C=O) groups excluding carboxylic acids is 1. The fourth-order valence-corrected chi connectivity index (χ4v) is 2.34. The number of benzene rings is 1. The van der Waals surface area contributed by atoms with Crippen LogP contribution >= 0.6 is 11.8 Å². The lowest BCUT2D eigenvalue weighted by Gasteiger charge is -2.10. The second-order valence-corrected chi connectivity index (χ2v) is 4.57. The average molecular weight is 269 g/mol. The van der Waals surface area contributed by atoms with Gasteiger partial charge in [-0.1, -0.05) is 12.1 Å². The number of aliphatic carboxylic acids is 1. The highest BCUT2D eigenvalue weighted by molar-refractivity contribution is 7.98. The Morgan fingerprint density at radius 3 is 3.00 bits per heavy atom. The van der Waals surface area contributed by atoms with Crippen molar-refractivity contribution in [3.05, 3.63) is 29.8 Å². The van der Waals surface area contributed by atoms with Crippen molar-refractivity contribution in [1.82, 2.24) is 5.32 Å². The molecule has 0 saturated heterocycles. The van der Waals surface area contributed by atoms with Crippen molar-refractivity contribution < 1.29 is 19.4 Å². The molecule has 6 heteroatoms. The van der Waals surface area contributed by atoms with Crippen LogP contribution in [-0.2, 0) is 15.3 Å². The summed E-state index contributed by atoms with van der Waals surface area (Å²) < 4.78 is 5.10. The van der Waals surface area contributed by atoms with E-state index in [9.17, 15) is 9.59 Å². The minimum Gasteiger partial charge on any atom is -0.497 e. The summed E-state index contributed by atoms with van der Waals surface area (Å²) in [5.41, 5.74) is 1.05. The molecule has 0 spiro atoms. The van der Waals surface area contributed by atoms with Crippen LogP contribution < -0.4 is 10.1 Å². The zero-order valence-corrected chi connectivity index (χ0v) is 10.8. The van der Waals surface area contributed by atoms with E-state index in [1.54, 1.807) is 7.11 Å². The van der Waals surface area contributed by atoms with E-state index in [2.05, 4.69) is 5.32 Å².